The zero-order valence-electron chi connectivity index (χ0n) is 11.8. The van der Waals surface area contributed by atoms with Crippen LogP contribution in [-0.2, 0) is 0 Å². The van der Waals surface area contributed by atoms with Crippen molar-refractivity contribution in [1.29, 1.82) is 0 Å². The molecule has 20 heavy (non-hydrogen) atoms. The second kappa shape index (κ2) is 4.90. The van der Waals surface area contributed by atoms with Crippen LogP contribution in [0, 0.1) is 5.92 Å². The van der Waals surface area contributed by atoms with Gasteiger partial charge in [0.1, 0.15) is 0 Å². The van der Waals surface area contributed by atoms with Gasteiger partial charge in [-0.1, -0.05) is 13.0 Å². The molecule has 2 atom stereocenters. The van der Waals surface area contributed by atoms with E-state index in [2.05, 4.69) is 28.4 Å². The number of para-hydroxylation sites is 1. The molecule has 1 aromatic heterocycles. The molecule has 106 valence electrons. The first kappa shape index (κ1) is 13.1. The monoisotopic (exact) mass is 273 g/mol. The number of carbonyl (C=O) groups is 1. The van der Waals surface area contributed by atoms with Crippen LogP contribution in [-0.4, -0.2) is 45.7 Å². The highest BCUT2D eigenvalue weighted by Gasteiger charge is 2.27. The SMILES string of the molecule is CC1CN(C)CCC1n1cnc2cccc(C(=O)O)c21. The van der Waals surface area contributed by atoms with Crippen LogP contribution in [0.5, 0.6) is 0 Å². The molecule has 2 aromatic rings. The number of rotatable bonds is 2. The smallest absolute Gasteiger partial charge is 0.337 e. The molecule has 2 heterocycles. The molecule has 1 aliphatic heterocycles. The number of benzene rings is 1. The van der Waals surface area contributed by atoms with Gasteiger partial charge in [-0.2, -0.15) is 0 Å². The summed E-state index contributed by atoms with van der Waals surface area (Å²) in [6, 6.07) is 5.60. The van der Waals surface area contributed by atoms with E-state index in [1.807, 2.05) is 6.07 Å². The first-order valence-corrected chi connectivity index (χ1v) is 6.95. The molecule has 0 bridgehead atoms. The van der Waals surface area contributed by atoms with Crippen LogP contribution in [0.3, 0.4) is 0 Å². The molecule has 5 nitrogen and oxygen atoms in total. The number of hydrogen-bond acceptors (Lipinski definition) is 3. The predicted octanol–water partition coefficient (Wildman–Crippen LogP) is 2.25. The summed E-state index contributed by atoms with van der Waals surface area (Å²) in [5.74, 6) is -0.411. The van der Waals surface area contributed by atoms with Crippen LogP contribution in [0.25, 0.3) is 11.0 Å². The van der Waals surface area contributed by atoms with E-state index in [-0.39, 0.29) is 0 Å². The summed E-state index contributed by atoms with van der Waals surface area (Å²) < 4.78 is 2.07. The van der Waals surface area contributed by atoms with Crippen molar-refractivity contribution in [3.63, 3.8) is 0 Å². The van der Waals surface area contributed by atoms with E-state index in [1.165, 1.54) is 0 Å². The summed E-state index contributed by atoms with van der Waals surface area (Å²) in [7, 11) is 2.13. The largest absolute Gasteiger partial charge is 0.478 e. The lowest BCUT2D eigenvalue weighted by molar-refractivity contribution is 0.0698. The number of piperidine rings is 1. The number of hydrogen-bond donors (Lipinski definition) is 1. The summed E-state index contributed by atoms with van der Waals surface area (Å²) in [5.41, 5.74) is 1.85. The molecule has 5 heteroatoms. The van der Waals surface area contributed by atoms with Crippen LogP contribution in [0.15, 0.2) is 24.5 Å². The molecule has 0 spiro atoms. The zero-order chi connectivity index (χ0) is 14.3. The molecule has 1 aliphatic rings. The maximum Gasteiger partial charge on any atom is 0.337 e. The predicted molar refractivity (Wildman–Crippen MR) is 77.0 cm³/mol. The van der Waals surface area contributed by atoms with E-state index < -0.39 is 5.97 Å². The molecular weight excluding hydrogens is 254 g/mol. The van der Waals surface area contributed by atoms with Crippen LogP contribution in [0.4, 0.5) is 0 Å². The van der Waals surface area contributed by atoms with Gasteiger partial charge in [-0.05, 0) is 38.1 Å². The fraction of sp³-hybridized carbons (Fsp3) is 0.467. The Hall–Kier alpha value is -1.88. The summed E-state index contributed by atoms with van der Waals surface area (Å²) in [6.45, 7) is 4.28. The minimum absolute atomic E-state index is 0.316. The molecule has 0 saturated carbocycles. The van der Waals surface area contributed by atoms with Crippen molar-refractivity contribution < 1.29 is 9.90 Å². The fourth-order valence-electron chi connectivity index (χ4n) is 3.27. The van der Waals surface area contributed by atoms with Crippen molar-refractivity contribution in [2.75, 3.05) is 20.1 Å². The van der Waals surface area contributed by atoms with Gasteiger partial charge in [0, 0.05) is 12.6 Å². The first-order chi connectivity index (χ1) is 9.58. The Morgan fingerprint density at radius 1 is 1.45 bits per heavy atom. The van der Waals surface area contributed by atoms with E-state index in [4.69, 9.17) is 0 Å². The van der Waals surface area contributed by atoms with Gasteiger partial charge in [-0.25, -0.2) is 9.78 Å². The number of carboxylic acid groups (broad SMARTS) is 1. The first-order valence-electron chi connectivity index (χ1n) is 6.95. The topological polar surface area (TPSA) is 58.4 Å². The van der Waals surface area contributed by atoms with Crippen molar-refractivity contribution in [2.45, 2.75) is 19.4 Å². The third kappa shape index (κ3) is 2.08. The van der Waals surface area contributed by atoms with Crippen molar-refractivity contribution in [1.82, 2.24) is 14.5 Å². The van der Waals surface area contributed by atoms with E-state index in [0.717, 1.165) is 30.5 Å². The van der Waals surface area contributed by atoms with Gasteiger partial charge in [-0.15, -0.1) is 0 Å². The Balaban J connectivity index is 2.10. The molecule has 3 rings (SSSR count). The lowest BCUT2D eigenvalue weighted by atomic mass is 9.93. The zero-order valence-corrected chi connectivity index (χ0v) is 11.8. The van der Waals surface area contributed by atoms with Gasteiger partial charge in [-0.3, -0.25) is 0 Å². The highest BCUT2D eigenvalue weighted by molar-refractivity contribution is 6.01. The lowest BCUT2D eigenvalue weighted by Crippen LogP contribution is -2.37. The Labute approximate surface area is 117 Å². The highest BCUT2D eigenvalue weighted by atomic mass is 16.4. The Morgan fingerprint density at radius 2 is 2.25 bits per heavy atom. The van der Waals surface area contributed by atoms with Gasteiger partial charge in [0.05, 0.1) is 22.9 Å². The molecule has 1 fully saturated rings. The lowest BCUT2D eigenvalue weighted by Gasteiger charge is -2.35. The van der Waals surface area contributed by atoms with Crippen LogP contribution < -0.4 is 0 Å². The summed E-state index contributed by atoms with van der Waals surface area (Å²) in [5, 5.41) is 9.38. The van der Waals surface area contributed by atoms with E-state index in [1.54, 1.807) is 18.5 Å². The normalized spacial score (nSPS) is 24.1. The summed E-state index contributed by atoms with van der Waals surface area (Å²) in [6.07, 6.45) is 2.82. The number of imidazole rings is 1. The summed E-state index contributed by atoms with van der Waals surface area (Å²) in [4.78, 5) is 18.1. The van der Waals surface area contributed by atoms with Gasteiger partial charge in [0.15, 0.2) is 0 Å². The van der Waals surface area contributed by atoms with Crippen LogP contribution in [0.1, 0.15) is 29.7 Å². The van der Waals surface area contributed by atoms with Crippen molar-refractivity contribution in [3.05, 3.63) is 30.1 Å². The molecule has 1 aromatic carbocycles. The standard InChI is InChI=1S/C15H19N3O2/c1-10-8-17(2)7-6-13(10)18-9-16-12-5-3-4-11(14(12)18)15(19)20/h3-5,9-10,13H,6-8H2,1-2H3,(H,19,20). The molecule has 0 amide bonds. The van der Waals surface area contributed by atoms with Gasteiger partial charge >= 0.3 is 5.97 Å². The second-order valence-corrected chi connectivity index (χ2v) is 5.73. The van der Waals surface area contributed by atoms with Gasteiger partial charge in [0.25, 0.3) is 0 Å². The van der Waals surface area contributed by atoms with Crippen LogP contribution in [0.2, 0.25) is 0 Å². The molecule has 1 N–H and O–H groups in total. The number of likely N-dealkylation sites (tertiary alicyclic amines) is 1. The van der Waals surface area contributed by atoms with Crippen LogP contribution >= 0.6 is 0 Å². The maximum atomic E-state index is 11.4. The molecular formula is C15H19N3O2. The third-order valence-corrected chi connectivity index (χ3v) is 4.24. The molecule has 0 aliphatic carbocycles. The Kier molecular flexibility index (Phi) is 3.22. The number of aromatic nitrogens is 2. The number of fused-ring (bicyclic) bond motifs is 1. The second-order valence-electron chi connectivity index (χ2n) is 5.73. The fourth-order valence-corrected chi connectivity index (χ4v) is 3.27. The van der Waals surface area contributed by atoms with E-state index in [0.29, 0.717) is 17.5 Å². The average Bonchev–Trinajstić information content (AvgIpc) is 2.82. The van der Waals surface area contributed by atoms with Crippen molar-refractivity contribution in [3.8, 4) is 0 Å². The van der Waals surface area contributed by atoms with E-state index >= 15 is 0 Å². The van der Waals surface area contributed by atoms with Crippen molar-refractivity contribution >= 4 is 17.0 Å². The molecule has 0 radical (unpaired) electrons. The molecule has 2 unspecified atom stereocenters. The number of carboxylic acids is 1. The Bertz CT molecular complexity index is 650. The highest BCUT2D eigenvalue weighted by Crippen LogP contribution is 2.31. The quantitative estimate of drug-likeness (QED) is 0.911. The van der Waals surface area contributed by atoms with E-state index in [9.17, 15) is 9.90 Å². The minimum Gasteiger partial charge on any atom is -0.478 e. The Morgan fingerprint density at radius 3 is 2.95 bits per heavy atom. The maximum absolute atomic E-state index is 11.4. The van der Waals surface area contributed by atoms with Gasteiger partial charge < -0.3 is 14.6 Å². The average molecular weight is 273 g/mol. The number of aromatic carboxylic acids is 1. The molecule has 1 saturated heterocycles. The summed E-state index contributed by atoms with van der Waals surface area (Å²) >= 11 is 0. The minimum atomic E-state index is -0.891. The van der Waals surface area contributed by atoms with Crippen molar-refractivity contribution in [2.24, 2.45) is 5.92 Å². The van der Waals surface area contributed by atoms with Gasteiger partial charge in [0.2, 0.25) is 0 Å². The number of nitrogens with zero attached hydrogens (tertiary/aromatic N) is 3. The third-order valence-electron chi connectivity index (χ3n) is 4.24.